The number of H-pyrrole nitrogens is 1. The van der Waals surface area contributed by atoms with E-state index in [0.717, 1.165) is 49.2 Å². The Morgan fingerprint density at radius 2 is 1.60 bits per heavy atom. The van der Waals surface area contributed by atoms with Gasteiger partial charge in [0.1, 0.15) is 0 Å². The van der Waals surface area contributed by atoms with Crippen molar-refractivity contribution in [1.82, 2.24) is 29.5 Å². The number of fused-ring (bicyclic) bond motifs is 2. The smallest absolute Gasteiger partial charge is 0.417 e. The molecule has 15 heteroatoms. The van der Waals surface area contributed by atoms with Crippen molar-refractivity contribution < 1.29 is 33.4 Å². The molecule has 3 aromatic rings. The number of aryl methyl sites for hydroxylation is 1. The number of carbonyl (C=O) groups is 4. The first-order valence-electron chi connectivity index (χ1n) is 18.3. The van der Waals surface area contributed by atoms with Gasteiger partial charge in [0.25, 0.3) is 5.91 Å². The van der Waals surface area contributed by atoms with Crippen LogP contribution in [0.5, 0.6) is 0 Å². The highest BCUT2D eigenvalue weighted by molar-refractivity contribution is 5.91. The van der Waals surface area contributed by atoms with Gasteiger partial charge in [0.2, 0.25) is 0 Å². The van der Waals surface area contributed by atoms with E-state index in [9.17, 15) is 24.0 Å². The second-order valence-corrected chi connectivity index (χ2v) is 14.4. The van der Waals surface area contributed by atoms with Crippen LogP contribution >= 0.6 is 0 Å². The first-order valence-corrected chi connectivity index (χ1v) is 18.3. The molecule has 4 aliphatic rings. The fourth-order valence-corrected chi connectivity index (χ4v) is 8.23. The molecular weight excluding hydrogens is 670 g/mol. The number of rotatable bonds is 8. The standard InChI is InChI=1S/C37H47N7O8/c1-24-20-25(21-30-33(24)39-36(49)51-30)22-31(34(47)42-11-7-27(8-12-42)41-18-16-40(17-19-41)23-32(45)46)52-37(50)43-13-9-28(10-14-43)44-15-6-26-4-2-3-5-29(26)38-35(44)48/h2-5,20-21,27-28,31H,6-19,22-23H2,1H3,(H,38,48)(H,39,49)(H,45,46)/t31-/m1/s1. The predicted molar refractivity (Wildman–Crippen MR) is 191 cm³/mol. The van der Waals surface area contributed by atoms with Crippen molar-refractivity contribution in [3.05, 3.63) is 63.6 Å². The number of para-hydroxylation sites is 1. The van der Waals surface area contributed by atoms with Crippen molar-refractivity contribution in [1.29, 1.82) is 0 Å². The molecule has 15 nitrogen and oxygen atoms in total. The largest absolute Gasteiger partial charge is 0.480 e. The van der Waals surface area contributed by atoms with Gasteiger partial charge < -0.3 is 34.3 Å². The number of aromatic nitrogens is 1. The lowest BCUT2D eigenvalue weighted by Gasteiger charge is -2.43. The number of oxazole rings is 1. The summed E-state index contributed by atoms with van der Waals surface area (Å²) in [6, 6.07) is 11.5. The number of urea groups is 1. The average molecular weight is 718 g/mol. The molecule has 2 aromatic carbocycles. The second-order valence-electron chi connectivity index (χ2n) is 14.4. The van der Waals surface area contributed by atoms with E-state index in [1.54, 1.807) is 15.9 Å². The summed E-state index contributed by atoms with van der Waals surface area (Å²) in [5, 5.41) is 12.2. The van der Waals surface area contributed by atoms with Crippen molar-refractivity contribution in [2.45, 2.75) is 63.6 Å². The van der Waals surface area contributed by atoms with Gasteiger partial charge in [-0.1, -0.05) is 24.3 Å². The average Bonchev–Trinajstić information content (AvgIpc) is 3.43. The summed E-state index contributed by atoms with van der Waals surface area (Å²) in [6.07, 6.45) is 1.95. The number of carboxylic acid groups (broad SMARTS) is 1. The number of hydrogen-bond donors (Lipinski definition) is 3. The maximum absolute atomic E-state index is 14.1. The highest BCUT2D eigenvalue weighted by Crippen LogP contribution is 2.27. The van der Waals surface area contributed by atoms with Crippen molar-refractivity contribution in [2.24, 2.45) is 0 Å². The number of aliphatic carboxylic acids is 1. The molecule has 3 N–H and O–H groups in total. The van der Waals surface area contributed by atoms with E-state index in [-0.39, 0.29) is 30.9 Å². The molecule has 3 fully saturated rings. The molecule has 3 saturated heterocycles. The van der Waals surface area contributed by atoms with Gasteiger partial charge in [-0.25, -0.2) is 14.4 Å². The fraction of sp³-hybridized carbons (Fsp3) is 0.541. The van der Waals surface area contributed by atoms with Gasteiger partial charge in [0.15, 0.2) is 11.7 Å². The number of anilines is 1. The predicted octanol–water partition coefficient (Wildman–Crippen LogP) is 2.73. The number of hydrogen-bond acceptors (Lipinski definition) is 9. The highest BCUT2D eigenvalue weighted by atomic mass is 16.6. The maximum atomic E-state index is 14.1. The van der Waals surface area contributed by atoms with Crippen LogP contribution in [0.4, 0.5) is 15.3 Å². The van der Waals surface area contributed by atoms with Crippen LogP contribution in [0.25, 0.3) is 11.1 Å². The second kappa shape index (κ2) is 15.4. The minimum Gasteiger partial charge on any atom is -0.480 e. The molecule has 0 aliphatic carbocycles. The van der Waals surface area contributed by atoms with Gasteiger partial charge in [-0.2, -0.15) is 0 Å². The molecule has 0 spiro atoms. The zero-order valence-corrected chi connectivity index (χ0v) is 29.6. The number of aromatic amines is 1. The number of nitrogens with zero attached hydrogens (tertiary/aromatic N) is 5. The van der Waals surface area contributed by atoms with E-state index in [1.807, 2.05) is 47.1 Å². The summed E-state index contributed by atoms with van der Waals surface area (Å²) in [7, 11) is 0. The summed E-state index contributed by atoms with van der Waals surface area (Å²) in [5.41, 5.74) is 4.39. The number of likely N-dealkylation sites (tertiary alicyclic amines) is 2. The van der Waals surface area contributed by atoms with Crippen LogP contribution in [0.2, 0.25) is 0 Å². The third kappa shape index (κ3) is 7.94. The van der Waals surface area contributed by atoms with Crippen molar-refractivity contribution in [2.75, 3.05) is 70.8 Å². The monoisotopic (exact) mass is 717 g/mol. The zero-order valence-electron chi connectivity index (χ0n) is 29.6. The highest BCUT2D eigenvalue weighted by Gasteiger charge is 2.37. The number of carbonyl (C=O) groups excluding carboxylic acids is 3. The van der Waals surface area contributed by atoms with Crippen LogP contribution in [0.15, 0.2) is 45.6 Å². The Morgan fingerprint density at radius 1 is 0.904 bits per heavy atom. The van der Waals surface area contributed by atoms with Crippen LogP contribution in [0, 0.1) is 6.92 Å². The lowest BCUT2D eigenvalue weighted by atomic mass is 9.99. The summed E-state index contributed by atoms with van der Waals surface area (Å²) in [4.78, 5) is 76.3. The Bertz CT molecular complexity index is 1850. The fourth-order valence-electron chi connectivity index (χ4n) is 8.23. The Balaban J connectivity index is 0.989. The molecule has 0 unspecified atom stereocenters. The Morgan fingerprint density at radius 3 is 2.33 bits per heavy atom. The number of carboxylic acids is 1. The third-order valence-corrected chi connectivity index (χ3v) is 11.1. The normalized spacial score (nSPS) is 20.3. The van der Waals surface area contributed by atoms with Gasteiger partial charge in [0.05, 0.1) is 12.1 Å². The molecule has 4 aliphatic heterocycles. The van der Waals surface area contributed by atoms with Gasteiger partial charge >= 0.3 is 23.8 Å². The molecule has 4 amide bonds. The van der Waals surface area contributed by atoms with E-state index in [2.05, 4.69) is 15.2 Å². The Labute approximate surface area is 301 Å². The summed E-state index contributed by atoms with van der Waals surface area (Å²) >= 11 is 0. The van der Waals surface area contributed by atoms with Crippen LogP contribution in [-0.4, -0.2) is 142 Å². The van der Waals surface area contributed by atoms with E-state index < -0.39 is 23.9 Å². The zero-order chi connectivity index (χ0) is 36.4. The topological polar surface area (TPSA) is 172 Å². The first-order chi connectivity index (χ1) is 25.1. The van der Waals surface area contributed by atoms with E-state index in [0.29, 0.717) is 81.4 Å². The van der Waals surface area contributed by atoms with Crippen molar-refractivity contribution >= 4 is 40.8 Å². The molecule has 1 aromatic heterocycles. The van der Waals surface area contributed by atoms with E-state index >= 15 is 0 Å². The maximum Gasteiger partial charge on any atom is 0.417 e. The molecule has 0 saturated carbocycles. The number of nitrogens with one attached hydrogen (secondary N) is 2. The molecular formula is C37H47N7O8. The molecule has 278 valence electrons. The SMILES string of the molecule is Cc1cc(C[C@@H](OC(=O)N2CCC(N3CCc4ccccc4NC3=O)CC2)C(=O)N2CCC(N3CCN(CC(=O)O)CC3)CC2)cc2oc(=O)[nH]c12. The van der Waals surface area contributed by atoms with E-state index in [1.165, 1.54) is 0 Å². The summed E-state index contributed by atoms with van der Waals surface area (Å²) in [5.74, 6) is -1.64. The van der Waals surface area contributed by atoms with Crippen LogP contribution in [0.3, 0.4) is 0 Å². The van der Waals surface area contributed by atoms with Crippen LogP contribution < -0.4 is 11.1 Å². The Hall–Kier alpha value is -4.89. The molecule has 1 atom stereocenters. The van der Waals surface area contributed by atoms with Gasteiger partial charge in [0, 0.05) is 83.1 Å². The van der Waals surface area contributed by atoms with Crippen LogP contribution in [0.1, 0.15) is 42.4 Å². The van der Waals surface area contributed by atoms with Crippen molar-refractivity contribution in [3.63, 3.8) is 0 Å². The Kier molecular flexibility index (Phi) is 10.5. The third-order valence-electron chi connectivity index (χ3n) is 11.1. The van der Waals surface area contributed by atoms with Gasteiger partial charge in [-0.15, -0.1) is 0 Å². The summed E-state index contributed by atoms with van der Waals surface area (Å²) in [6.45, 7) is 7.29. The minimum atomic E-state index is -1.08. The first kappa shape index (κ1) is 35.5. The lowest BCUT2D eigenvalue weighted by molar-refractivity contribution is -0.142. The minimum absolute atomic E-state index is 0.0251. The molecule has 7 rings (SSSR count). The summed E-state index contributed by atoms with van der Waals surface area (Å²) < 4.78 is 11.4. The molecule has 5 heterocycles. The van der Waals surface area contributed by atoms with Crippen molar-refractivity contribution in [3.8, 4) is 0 Å². The lowest BCUT2D eigenvalue weighted by Crippen LogP contribution is -2.55. The molecule has 0 radical (unpaired) electrons. The molecule has 52 heavy (non-hydrogen) atoms. The van der Waals surface area contributed by atoms with Gasteiger partial charge in [-0.3, -0.25) is 24.4 Å². The number of benzene rings is 2. The number of amides is 4. The quantitative estimate of drug-likeness (QED) is 0.315. The van der Waals surface area contributed by atoms with Crippen LogP contribution in [-0.2, 0) is 27.2 Å². The van der Waals surface area contributed by atoms with E-state index in [4.69, 9.17) is 14.3 Å². The number of piperazine rings is 1. The number of piperidine rings is 2. The molecule has 0 bridgehead atoms. The number of ether oxygens (including phenoxy) is 1. The van der Waals surface area contributed by atoms with Gasteiger partial charge in [-0.05, 0) is 67.9 Å².